The number of dihydropyridines is 1. The highest BCUT2D eigenvalue weighted by molar-refractivity contribution is 5.39. The number of aliphatic hydroxyl groups is 1. The van der Waals surface area contributed by atoms with Crippen LogP contribution in [-0.2, 0) is 0 Å². The van der Waals surface area contributed by atoms with Crippen molar-refractivity contribution in [1.82, 2.24) is 5.32 Å². The number of para-hydroxylation sites is 1. The fourth-order valence-electron chi connectivity index (χ4n) is 1.59. The molecule has 0 amide bonds. The molecule has 0 bridgehead atoms. The van der Waals surface area contributed by atoms with Crippen molar-refractivity contribution in [3.63, 3.8) is 0 Å². The summed E-state index contributed by atoms with van der Waals surface area (Å²) >= 11 is 0. The standard InChI is InChI=1S/C12H13NO2/c1-15-12-5-3-2-4-10(12)11-7-6-9(14)8-13-11/h2-8,11,13-14H,1H3. The van der Waals surface area contributed by atoms with E-state index in [9.17, 15) is 5.11 Å². The molecule has 0 aromatic heterocycles. The van der Waals surface area contributed by atoms with Gasteiger partial charge in [-0.1, -0.05) is 24.3 Å². The molecule has 1 atom stereocenters. The van der Waals surface area contributed by atoms with E-state index >= 15 is 0 Å². The zero-order valence-electron chi connectivity index (χ0n) is 8.47. The van der Waals surface area contributed by atoms with E-state index in [2.05, 4.69) is 5.32 Å². The van der Waals surface area contributed by atoms with Crippen LogP contribution < -0.4 is 10.1 Å². The quantitative estimate of drug-likeness (QED) is 0.774. The van der Waals surface area contributed by atoms with Gasteiger partial charge in [-0.2, -0.15) is 0 Å². The van der Waals surface area contributed by atoms with Crippen LogP contribution in [0, 0.1) is 0 Å². The highest BCUT2D eigenvalue weighted by Gasteiger charge is 2.13. The lowest BCUT2D eigenvalue weighted by Gasteiger charge is -2.19. The number of methoxy groups -OCH3 is 1. The minimum atomic E-state index is 0.0528. The first-order valence-corrected chi connectivity index (χ1v) is 4.77. The topological polar surface area (TPSA) is 41.5 Å². The largest absolute Gasteiger partial charge is 0.506 e. The summed E-state index contributed by atoms with van der Waals surface area (Å²) in [7, 11) is 1.65. The Kier molecular flexibility index (Phi) is 2.63. The van der Waals surface area contributed by atoms with Crippen LogP contribution in [0.1, 0.15) is 11.6 Å². The molecule has 1 unspecified atom stereocenters. The smallest absolute Gasteiger partial charge is 0.130 e. The number of allylic oxidation sites excluding steroid dienone is 1. The minimum absolute atomic E-state index is 0.0528. The summed E-state index contributed by atoms with van der Waals surface area (Å²) in [6.45, 7) is 0. The van der Waals surface area contributed by atoms with Gasteiger partial charge in [-0.05, 0) is 12.1 Å². The maximum atomic E-state index is 9.18. The van der Waals surface area contributed by atoms with Gasteiger partial charge in [0.05, 0.1) is 13.2 Å². The number of rotatable bonds is 2. The highest BCUT2D eigenvalue weighted by Crippen LogP contribution is 2.27. The van der Waals surface area contributed by atoms with Gasteiger partial charge in [0.25, 0.3) is 0 Å². The first-order chi connectivity index (χ1) is 7.31. The lowest BCUT2D eigenvalue weighted by molar-refractivity contribution is 0.402. The van der Waals surface area contributed by atoms with Gasteiger partial charge in [0.15, 0.2) is 0 Å². The third-order valence-corrected chi connectivity index (χ3v) is 2.34. The Morgan fingerprint density at radius 1 is 1.33 bits per heavy atom. The van der Waals surface area contributed by atoms with Crippen molar-refractivity contribution >= 4 is 0 Å². The molecule has 1 aromatic rings. The SMILES string of the molecule is COc1ccccc1C1C=CC(O)=CN1. The number of benzene rings is 1. The lowest BCUT2D eigenvalue weighted by Crippen LogP contribution is -2.17. The molecule has 2 N–H and O–H groups in total. The molecule has 3 nitrogen and oxygen atoms in total. The Morgan fingerprint density at radius 2 is 2.13 bits per heavy atom. The monoisotopic (exact) mass is 203 g/mol. The number of aliphatic hydroxyl groups excluding tert-OH is 1. The van der Waals surface area contributed by atoms with Crippen LogP contribution >= 0.6 is 0 Å². The Bertz CT molecular complexity index is 410. The van der Waals surface area contributed by atoms with Gasteiger partial charge in [0.1, 0.15) is 11.5 Å². The molecule has 1 aromatic carbocycles. The van der Waals surface area contributed by atoms with Gasteiger partial charge in [0.2, 0.25) is 0 Å². The van der Waals surface area contributed by atoms with Crippen molar-refractivity contribution in [2.75, 3.05) is 7.11 Å². The second-order valence-electron chi connectivity index (χ2n) is 3.31. The number of hydrogen-bond acceptors (Lipinski definition) is 3. The van der Waals surface area contributed by atoms with E-state index in [0.717, 1.165) is 11.3 Å². The summed E-state index contributed by atoms with van der Waals surface area (Å²) in [5.41, 5.74) is 1.06. The molecule has 0 fully saturated rings. The maximum absolute atomic E-state index is 9.18. The maximum Gasteiger partial charge on any atom is 0.130 e. The second kappa shape index (κ2) is 4.09. The Balaban J connectivity index is 2.27. The number of ether oxygens (including phenoxy) is 1. The van der Waals surface area contributed by atoms with E-state index in [4.69, 9.17) is 4.74 Å². The molecular weight excluding hydrogens is 190 g/mol. The molecule has 0 spiro atoms. The molecule has 15 heavy (non-hydrogen) atoms. The summed E-state index contributed by atoms with van der Waals surface area (Å²) in [5.74, 6) is 1.08. The van der Waals surface area contributed by atoms with Gasteiger partial charge in [-0.15, -0.1) is 0 Å². The van der Waals surface area contributed by atoms with Crippen molar-refractivity contribution in [3.8, 4) is 5.75 Å². The molecule has 0 aliphatic carbocycles. The molecule has 2 rings (SSSR count). The molecule has 1 heterocycles. The van der Waals surface area contributed by atoms with E-state index < -0.39 is 0 Å². The summed E-state index contributed by atoms with van der Waals surface area (Å²) in [6.07, 6.45) is 5.15. The van der Waals surface area contributed by atoms with Crippen molar-refractivity contribution in [1.29, 1.82) is 0 Å². The second-order valence-corrected chi connectivity index (χ2v) is 3.31. The molecule has 3 heteroatoms. The van der Waals surface area contributed by atoms with E-state index in [1.807, 2.05) is 30.3 Å². The van der Waals surface area contributed by atoms with E-state index in [0.29, 0.717) is 0 Å². The summed E-state index contributed by atoms with van der Waals surface area (Å²) < 4.78 is 5.27. The van der Waals surface area contributed by atoms with Gasteiger partial charge >= 0.3 is 0 Å². The fraction of sp³-hybridized carbons (Fsp3) is 0.167. The summed E-state index contributed by atoms with van der Waals surface area (Å²) in [4.78, 5) is 0. The highest BCUT2D eigenvalue weighted by atomic mass is 16.5. The van der Waals surface area contributed by atoms with E-state index in [-0.39, 0.29) is 11.8 Å². The minimum Gasteiger partial charge on any atom is -0.506 e. The molecule has 0 radical (unpaired) electrons. The van der Waals surface area contributed by atoms with Crippen LogP contribution in [0.25, 0.3) is 0 Å². The van der Waals surface area contributed by atoms with Crippen LogP contribution in [0.4, 0.5) is 0 Å². The summed E-state index contributed by atoms with van der Waals surface area (Å²) in [5, 5.41) is 12.3. The predicted molar refractivity (Wildman–Crippen MR) is 58.7 cm³/mol. The van der Waals surface area contributed by atoms with Crippen molar-refractivity contribution in [2.45, 2.75) is 6.04 Å². The Hall–Kier alpha value is -1.90. The Labute approximate surface area is 88.7 Å². The summed E-state index contributed by atoms with van der Waals surface area (Å²) in [6, 6.07) is 7.87. The lowest BCUT2D eigenvalue weighted by atomic mass is 10.0. The number of nitrogens with one attached hydrogen (secondary N) is 1. The van der Waals surface area contributed by atoms with Crippen molar-refractivity contribution < 1.29 is 9.84 Å². The normalized spacial score (nSPS) is 19.3. The van der Waals surface area contributed by atoms with Crippen LogP contribution in [0.15, 0.2) is 48.4 Å². The molecule has 1 aliphatic rings. The van der Waals surface area contributed by atoms with Crippen LogP contribution in [0.5, 0.6) is 5.75 Å². The van der Waals surface area contributed by atoms with Crippen molar-refractivity contribution in [3.05, 3.63) is 53.9 Å². The Morgan fingerprint density at radius 3 is 2.80 bits per heavy atom. The zero-order valence-corrected chi connectivity index (χ0v) is 8.47. The van der Waals surface area contributed by atoms with Crippen LogP contribution in [-0.4, -0.2) is 12.2 Å². The van der Waals surface area contributed by atoms with Gasteiger partial charge in [-0.25, -0.2) is 0 Å². The predicted octanol–water partition coefficient (Wildman–Crippen LogP) is 2.30. The number of hydrogen-bond donors (Lipinski definition) is 2. The molecule has 78 valence electrons. The first kappa shape index (κ1) is 9.65. The van der Waals surface area contributed by atoms with Crippen molar-refractivity contribution in [2.24, 2.45) is 0 Å². The third-order valence-electron chi connectivity index (χ3n) is 2.34. The molecular formula is C12H13NO2. The van der Waals surface area contributed by atoms with E-state index in [1.165, 1.54) is 0 Å². The van der Waals surface area contributed by atoms with Gasteiger partial charge < -0.3 is 15.2 Å². The first-order valence-electron chi connectivity index (χ1n) is 4.77. The third kappa shape index (κ3) is 1.96. The van der Waals surface area contributed by atoms with E-state index in [1.54, 1.807) is 19.4 Å². The average molecular weight is 203 g/mol. The van der Waals surface area contributed by atoms with Gasteiger partial charge in [0, 0.05) is 11.8 Å². The molecule has 0 saturated heterocycles. The van der Waals surface area contributed by atoms with Crippen LogP contribution in [0.2, 0.25) is 0 Å². The van der Waals surface area contributed by atoms with Gasteiger partial charge in [-0.3, -0.25) is 0 Å². The molecule has 1 aliphatic heterocycles. The average Bonchev–Trinajstić information content (AvgIpc) is 2.30. The zero-order chi connectivity index (χ0) is 10.7. The fourth-order valence-corrected chi connectivity index (χ4v) is 1.59. The molecule has 0 saturated carbocycles. The van der Waals surface area contributed by atoms with Crippen LogP contribution in [0.3, 0.4) is 0 Å².